The fourth-order valence-electron chi connectivity index (χ4n) is 6.40. The zero-order valence-corrected chi connectivity index (χ0v) is 19.3. The van der Waals surface area contributed by atoms with Crippen LogP contribution < -0.4 is 0 Å². The second-order valence-corrected chi connectivity index (χ2v) is 10.0. The number of rotatable bonds is 5. The molecule has 5 nitrogen and oxygen atoms in total. The molecule has 3 aromatic rings. The normalized spacial score (nSPS) is 25.1. The van der Waals surface area contributed by atoms with E-state index >= 15 is 0 Å². The van der Waals surface area contributed by atoms with Gasteiger partial charge in [0, 0.05) is 29.9 Å². The highest BCUT2D eigenvalue weighted by Gasteiger charge is 2.49. The molecule has 1 amide bonds. The molecule has 3 aliphatic rings. The predicted molar refractivity (Wildman–Crippen MR) is 130 cm³/mol. The van der Waals surface area contributed by atoms with Crippen molar-refractivity contribution in [1.82, 2.24) is 9.88 Å². The number of amides is 1. The number of benzene rings is 2. The van der Waals surface area contributed by atoms with Crippen LogP contribution in [0, 0.1) is 0 Å². The monoisotopic (exact) mass is 454 g/mol. The Labute approximate surface area is 200 Å². The molecule has 0 spiro atoms. The molecular formula is C29H30N2O3. The first-order valence-corrected chi connectivity index (χ1v) is 12.4. The van der Waals surface area contributed by atoms with Gasteiger partial charge in [0.2, 0.25) is 0 Å². The topological polar surface area (TPSA) is 62.7 Å². The Hall–Kier alpha value is -3.18. The van der Waals surface area contributed by atoms with E-state index in [1.54, 1.807) is 6.20 Å². The lowest BCUT2D eigenvalue weighted by Crippen LogP contribution is -2.53. The van der Waals surface area contributed by atoms with E-state index in [2.05, 4.69) is 53.5 Å². The number of aryl methyl sites for hydroxylation is 1. The number of hydrogen-bond acceptors (Lipinski definition) is 4. The van der Waals surface area contributed by atoms with Crippen LogP contribution in [0.1, 0.15) is 54.8 Å². The van der Waals surface area contributed by atoms with Crippen LogP contribution in [0.15, 0.2) is 72.9 Å². The maximum absolute atomic E-state index is 13.2. The number of aliphatic hydroxyl groups is 1. The molecule has 1 N–H and O–H groups in total. The Kier molecular flexibility index (Phi) is 5.37. The Morgan fingerprint density at radius 1 is 0.941 bits per heavy atom. The van der Waals surface area contributed by atoms with Crippen LogP contribution in [0.5, 0.6) is 0 Å². The maximum Gasteiger partial charge on any atom is 0.410 e. The van der Waals surface area contributed by atoms with E-state index in [-0.39, 0.29) is 24.1 Å². The summed E-state index contributed by atoms with van der Waals surface area (Å²) in [4.78, 5) is 19.6. The number of hydrogen-bond donors (Lipinski definition) is 1. The lowest BCUT2D eigenvalue weighted by Gasteiger charge is -2.43. The van der Waals surface area contributed by atoms with Gasteiger partial charge >= 0.3 is 6.09 Å². The minimum Gasteiger partial charge on any atom is -0.448 e. The zero-order chi connectivity index (χ0) is 23.1. The smallest absolute Gasteiger partial charge is 0.410 e. The summed E-state index contributed by atoms with van der Waals surface area (Å²) in [7, 11) is 0. The Balaban J connectivity index is 1.12. The van der Waals surface area contributed by atoms with Gasteiger partial charge in [-0.2, -0.15) is 0 Å². The van der Waals surface area contributed by atoms with Crippen LogP contribution in [-0.4, -0.2) is 45.4 Å². The number of carbonyl (C=O) groups is 1. The quantitative estimate of drug-likeness (QED) is 0.567. The van der Waals surface area contributed by atoms with Gasteiger partial charge < -0.3 is 14.7 Å². The van der Waals surface area contributed by atoms with Gasteiger partial charge in [-0.25, -0.2) is 4.79 Å². The van der Waals surface area contributed by atoms with Crippen LogP contribution in [0.4, 0.5) is 4.79 Å². The van der Waals surface area contributed by atoms with E-state index in [0.29, 0.717) is 25.9 Å². The van der Waals surface area contributed by atoms with Crippen molar-refractivity contribution < 1.29 is 14.6 Å². The van der Waals surface area contributed by atoms with E-state index in [1.165, 1.54) is 22.3 Å². The summed E-state index contributed by atoms with van der Waals surface area (Å²) >= 11 is 0. The average Bonchev–Trinajstić information content (AvgIpc) is 3.34. The third-order valence-electron chi connectivity index (χ3n) is 7.97. The molecule has 174 valence electrons. The van der Waals surface area contributed by atoms with Gasteiger partial charge in [-0.3, -0.25) is 4.98 Å². The molecule has 0 saturated carbocycles. The number of piperidine rings is 1. The van der Waals surface area contributed by atoms with Crippen molar-refractivity contribution in [3.63, 3.8) is 0 Å². The number of ether oxygens (including phenoxy) is 1. The highest BCUT2D eigenvalue weighted by Crippen LogP contribution is 2.46. The largest absolute Gasteiger partial charge is 0.448 e. The van der Waals surface area contributed by atoms with Crippen LogP contribution in [0.2, 0.25) is 0 Å². The van der Waals surface area contributed by atoms with Crippen molar-refractivity contribution in [1.29, 1.82) is 0 Å². The molecule has 3 heterocycles. The number of carbonyl (C=O) groups excluding carboxylic acids is 1. The molecule has 34 heavy (non-hydrogen) atoms. The van der Waals surface area contributed by atoms with Gasteiger partial charge in [0.15, 0.2) is 0 Å². The second kappa shape index (κ2) is 8.55. The Morgan fingerprint density at radius 2 is 1.56 bits per heavy atom. The van der Waals surface area contributed by atoms with Crippen LogP contribution in [0.3, 0.4) is 0 Å². The summed E-state index contributed by atoms with van der Waals surface area (Å²) in [5.41, 5.74) is 5.17. The molecule has 2 aliphatic heterocycles. The highest BCUT2D eigenvalue weighted by molar-refractivity contribution is 5.79. The maximum atomic E-state index is 13.2. The summed E-state index contributed by atoms with van der Waals surface area (Å²) in [6.07, 6.45) is 6.07. The summed E-state index contributed by atoms with van der Waals surface area (Å²) < 4.78 is 5.95. The molecule has 2 unspecified atom stereocenters. The number of aromatic nitrogens is 1. The molecule has 2 atom stereocenters. The van der Waals surface area contributed by atoms with Gasteiger partial charge in [0.25, 0.3) is 0 Å². The van der Waals surface area contributed by atoms with Crippen LogP contribution in [0.25, 0.3) is 11.1 Å². The van der Waals surface area contributed by atoms with Gasteiger partial charge in [0.1, 0.15) is 6.61 Å². The molecule has 2 saturated heterocycles. The second-order valence-electron chi connectivity index (χ2n) is 10.0. The van der Waals surface area contributed by atoms with Crippen LogP contribution in [-0.2, 0) is 11.2 Å². The van der Waals surface area contributed by atoms with Crippen molar-refractivity contribution in [3.8, 4) is 11.1 Å². The van der Waals surface area contributed by atoms with Crippen molar-refractivity contribution in [3.05, 3.63) is 89.7 Å². The lowest BCUT2D eigenvalue weighted by atomic mass is 9.82. The van der Waals surface area contributed by atoms with E-state index in [0.717, 1.165) is 25.0 Å². The number of nitrogens with zero attached hydrogens (tertiary/aromatic N) is 2. The summed E-state index contributed by atoms with van der Waals surface area (Å²) in [6.45, 7) is 0.340. The minimum absolute atomic E-state index is 0.0446. The molecule has 1 aliphatic carbocycles. The van der Waals surface area contributed by atoms with Gasteiger partial charge in [-0.1, -0.05) is 54.6 Å². The van der Waals surface area contributed by atoms with Crippen molar-refractivity contribution in [2.24, 2.45) is 0 Å². The predicted octanol–water partition coefficient (Wildman–Crippen LogP) is 5.32. The van der Waals surface area contributed by atoms with E-state index < -0.39 is 5.60 Å². The highest BCUT2D eigenvalue weighted by atomic mass is 16.6. The Bertz CT molecular complexity index is 1140. The third kappa shape index (κ3) is 3.78. The van der Waals surface area contributed by atoms with E-state index in [4.69, 9.17) is 4.74 Å². The molecule has 5 heteroatoms. The third-order valence-corrected chi connectivity index (χ3v) is 7.97. The summed E-state index contributed by atoms with van der Waals surface area (Å²) in [6, 6.07) is 22.8. The first kappa shape index (κ1) is 21.4. The summed E-state index contributed by atoms with van der Waals surface area (Å²) in [5, 5.41) is 11.3. The van der Waals surface area contributed by atoms with Gasteiger partial charge in [-0.05, 0) is 72.9 Å². The molecule has 0 radical (unpaired) electrons. The molecule has 2 fully saturated rings. The van der Waals surface area contributed by atoms with Crippen LogP contribution >= 0.6 is 0 Å². The standard InChI is InChI=1S/C29H30N2O3/c32-28(34-19-27-25-10-3-1-8-23(25)24-9-2-4-11-26(24)27)31-21-12-13-22(31)18-29(33,17-21)15-14-20-7-5-6-16-30-20/h1-11,16,21-22,27,33H,12-15,17-19H2. The fourth-order valence-corrected chi connectivity index (χ4v) is 6.40. The first-order chi connectivity index (χ1) is 16.6. The SMILES string of the molecule is O=C(OCC1c2ccccc2-c2ccccc21)N1C2CCC1CC(O)(CCc1ccccn1)C2. The average molecular weight is 455 g/mol. The van der Waals surface area contributed by atoms with Gasteiger partial charge in [0.05, 0.1) is 5.60 Å². The molecule has 2 aromatic carbocycles. The lowest BCUT2D eigenvalue weighted by molar-refractivity contribution is -0.0534. The fraction of sp³-hybridized carbons (Fsp3) is 0.379. The molecule has 6 rings (SSSR count). The van der Waals surface area contributed by atoms with Gasteiger partial charge in [-0.15, -0.1) is 0 Å². The number of fused-ring (bicyclic) bond motifs is 5. The van der Waals surface area contributed by atoms with Crippen molar-refractivity contribution in [2.45, 2.75) is 62.1 Å². The zero-order valence-electron chi connectivity index (χ0n) is 19.3. The van der Waals surface area contributed by atoms with E-state index in [9.17, 15) is 9.90 Å². The first-order valence-electron chi connectivity index (χ1n) is 12.4. The Morgan fingerprint density at radius 3 is 2.18 bits per heavy atom. The van der Waals surface area contributed by atoms with Crippen molar-refractivity contribution in [2.75, 3.05) is 6.61 Å². The molecule has 2 bridgehead atoms. The number of pyridine rings is 1. The van der Waals surface area contributed by atoms with E-state index in [1.807, 2.05) is 23.1 Å². The minimum atomic E-state index is -0.747. The van der Waals surface area contributed by atoms with Crippen molar-refractivity contribution >= 4 is 6.09 Å². The summed E-state index contributed by atoms with van der Waals surface area (Å²) in [5.74, 6) is 0.0640. The molecular weight excluding hydrogens is 424 g/mol. The molecule has 1 aromatic heterocycles.